The van der Waals surface area contributed by atoms with Gasteiger partial charge in [-0.2, -0.15) is 4.31 Å². The Balaban J connectivity index is 1.44. The fraction of sp³-hybridized carbons (Fsp3) is 0.400. The van der Waals surface area contributed by atoms with Crippen LogP contribution in [0.15, 0.2) is 69.9 Å². The summed E-state index contributed by atoms with van der Waals surface area (Å²) in [4.78, 5) is 8.53. The van der Waals surface area contributed by atoms with Gasteiger partial charge in [0.05, 0.1) is 42.7 Å². The highest BCUT2D eigenvalue weighted by Gasteiger charge is 2.26. The Bertz CT molecular complexity index is 1280. The van der Waals surface area contributed by atoms with Crippen molar-refractivity contribution >= 4 is 27.0 Å². The number of benzene rings is 2. The Labute approximate surface area is 210 Å². The van der Waals surface area contributed by atoms with Gasteiger partial charge in [0.1, 0.15) is 0 Å². The van der Waals surface area contributed by atoms with Gasteiger partial charge in [-0.05, 0) is 29.8 Å². The lowest BCUT2D eigenvalue weighted by Crippen LogP contribution is -2.40. The minimum absolute atomic E-state index is 0.312. The van der Waals surface area contributed by atoms with Crippen LogP contribution >= 0.6 is 11.3 Å². The highest BCUT2D eigenvalue weighted by atomic mass is 32.2. The highest BCUT2D eigenvalue weighted by molar-refractivity contribution is 7.89. The van der Waals surface area contributed by atoms with Crippen LogP contribution in [0.3, 0.4) is 0 Å². The summed E-state index contributed by atoms with van der Waals surface area (Å²) in [6.45, 7) is 6.73. The smallest absolute Gasteiger partial charge is 0.243 e. The number of rotatable bonds is 7. The topological polar surface area (TPSA) is 76.4 Å². The minimum Gasteiger partial charge on any atom is -0.379 e. The van der Waals surface area contributed by atoms with Crippen molar-refractivity contribution in [3.05, 3.63) is 64.8 Å². The summed E-state index contributed by atoms with van der Waals surface area (Å²) >= 11 is 1.60. The molecule has 0 N–H and O–H groups in total. The molecule has 0 radical (unpaired) electrons. The van der Waals surface area contributed by atoms with E-state index < -0.39 is 10.0 Å². The Morgan fingerprint density at radius 1 is 0.829 bits per heavy atom. The van der Waals surface area contributed by atoms with Gasteiger partial charge in [-0.15, -0.1) is 11.3 Å². The largest absolute Gasteiger partial charge is 0.379 e. The molecule has 0 unspecified atom stereocenters. The maximum Gasteiger partial charge on any atom is 0.243 e. The molecule has 2 aliphatic rings. The molecule has 2 aliphatic heterocycles. The minimum atomic E-state index is -3.52. The molecule has 3 heterocycles. The number of hydrogen-bond acceptors (Lipinski definition) is 7. The van der Waals surface area contributed by atoms with E-state index in [-0.39, 0.29) is 0 Å². The molecule has 10 heteroatoms. The molecule has 3 aromatic rings. The van der Waals surface area contributed by atoms with Crippen molar-refractivity contribution in [2.24, 2.45) is 4.99 Å². The number of ether oxygens (including phenoxy) is 2. The van der Waals surface area contributed by atoms with Gasteiger partial charge in [0, 0.05) is 44.6 Å². The van der Waals surface area contributed by atoms with E-state index in [0.29, 0.717) is 31.2 Å². The zero-order valence-electron chi connectivity index (χ0n) is 19.6. The van der Waals surface area contributed by atoms with Gasteiger partial charge in [0.25, 0.3) is 0 Å². The molecule has 0 bridgehead atoms. The monoisotopic (exact) mass is 514 g/mol. The van der Waals surface area contributed by atoms with Gasteiger partial charge < -0.3 is 14.0 Å². The standard InChI is InChI=1S/C25H30N4O4S2/c30-35(31,28-14-18-33-19-15-28)23-8-6-21(7-9-23)24-20-34-25(26-22-4-2-1-3-5-22)29(24)11-10-27-12-16-32-17-13-27/h1-9,20H,10-19H2. The molecular formula is C25H30N4O4S2. The molecule has 2 fully saturated rings. The Kier molecular flexibility index (Phi) is 7.76. The predicted octanol–water partition coefficient (Wildman–Crippen LogP) is 2.80. The third kappa shape index (κ3) is 5.74. The summed E-state index contributed by atoms with van der Waals surface area (Å²) in [6.07, 6.45) is 0. The first-order chi connectivity index (χ1) is 17.1. The van der Waals surface area contributed by atoms with Gasteiger partial charge in [0.2, 0.25) is 10.0 Å². The van der Waals surface area contributed by atoms with E-state index in [0.717, 1.165) is 61.1 Å². The fourth-order valence-corrected chi connectivity index (χ4v) is 6.64. The van der Waals surface area contributed by atoms with Crippen LogP contribution in [0.4, 0.5) is 5.69 Å². The van der Waals surface area contributed by atoms with Crippen LogP contribution < -0.4 is 4.80 Å². The van der Waals surface area contributed by atoms with Gasteiger partial charge in [0.15, 0.2) is 4.80 Å². The van der Waals surface area contributed by atoms with Crippen LogP contribution in [0.25, 0.3) is 11.3 Å². The number of para-hydroxylation sites is 1. The van der Waals surface area contributed by atoms with Crippen LogP contribution in [0, 0.1) is 0 Å². The molecule has 35 heavy (non-hydrogen) atoms. The molecule has 2 aromatic carbocycles. The maximum atomic E-state index is 13.0. The van der Waals surface area contributed by atoms with Crippen molar-refractivity contribution in [3.63, 3.8) is 0 Å². The second kappa shape index (κ2) is 11.2. The lowest BCUT2D eigenvalue weighted by molar-refractivity contribution is 0.0363. The second-order valence-corrected chi connectivity index (χ2v) is 11.3. The van der Waals surface area contributed by atoms with E-state index in [2.05, 4.69) is 14.8 Å². The van der Waals surface area contributed by atoms with E-state index >= 15 is 0 Å². The van der Waals surface area contributed by atoms with Crippen LogP contribution in [0.5, 0.6) is 0 Å². The first-order valence-electron chi connectivity index (χ1n) is 11.9. The Morgan fingerprint density at radius 2 is 1.49 bits per heavy atom. The van der Waals surface area contributed by atoms with Crippen molar-refractivity contribution in [1.82, 2.24) is 13.8 Å². The summed E-state index contributed by atoms with van der Waals surface area (Å²) in [5, 5.41) is 2.10. The number of hydrogen-bond donors (Lipinski definition) is 0. The highest BCUT2D eigenvalue weighted by Crippen LogP contribution is 2.25. The second-order valence-electron chi connectivity index (χ2n) is 8.50. The summed E-state index contributed by atoms with van der Waals surface area (Å²) in [5.41, 5.74) is 2.92. The number of morpholine rings is 2. The first-order valence-corrected chi connectivity index (χ1v) is 14.2. The summed E-state index contributed by atoms with van der Waals surface area (Å²) in [7, 11) is -3.52. The predicted molar refractivity (Wildman–Crippen MR) is 136 cm³/mol. The molecule has 186 valence electrons. The van der Waals surface area contributed by atoms with E-state index in [4.69, 9.17) is 14.5 Å². The molecule has 1 aromatic heterocycles. The number of thiazole rings is 1. The lowest BCUT2D eigenvalue weighted by atomic mass is 10.2. The van der Waals surface area contributed by atoms with Crippen LogP contribution in [-0.4, -0.2) is 81.3 Å². The van der Waals surface area contributed by atoms with E-state index in [1.807, 2.05) is 42.5 Å². The quantitative estimate of drug-likeness (QED) is 0.485. The average Bonchev–Trinajstić information content (AvgIpc) is 3.31. The normalized spacial score (nSPS) is 18.7. The summed E-state index contributed by atoms with van der Waals surface area (Å²) in [5.74, 6) is 0. The van der Waals surface area contributed by atoms with Crippen molar-refractivity contribution in [2.45, 2.75) is 11.4 Å². The Morgan fingerprint density at radius 3 is 2.17 bits per heavy atom. The number of nitrogens with zero attached hydrogens (tertiary/aromatic N) is 4. The maximum absolute atomic E-state index is 13.0. The van der Waals surface area contributed by atoms with Crippen LogP contribution in [-0.2, 0) is 26.0 Å². The van der Waals surface area contributed by atoms with E-state index in [1.54, 1.807) is 23.5 Å². The molecule has 0 amide bonds. The molecule has 0 spiro atoms. The SMILES string of the molecule is O=S(=O)(c1ccc(-c2csc(=Nc3ccccc3)n2CCN2CCOCC2)cc1)N1CCOCC1. The molecular weight excluding hydrogens is 484 g/mol. The third-order valence-electron chi connectivity index (χ3n) is 6.28. The van der Waals surface area contributed by atoms with Gasteiger partial charge in [-0.1, -0.05) is 30.3 Å². The zero-order valence-corrected chi connectivity index (χ0v) is 21.2. The van der Waals surface area contributed by atoms with E-state index in [9.17, 15) is 8.42 Å². The molecule has 2 saturated heterocycles. The molecule has 5 rings (SSSR count). The van der Waals surface area contributed by atoms with E-state index in [1.165, 1.54) is 4.31 Å². The fourth-order valence-electron chi connectivity index (χ4n) is 4.28. The Hall–Kier alpha value is -2.34. The first kappa shape index (κ1) is 24.4. The average molecular weight is 515 g/mol. The van der Waals surface area contributed by atoms with Crippen molar-refractivity contribution in [2.75, 3.05) is 59.2 Å². The lowest BCUT2D eigenvalue weighted by Gasteiger charge is -2.27. The number of aromatic nitrogens is 1. The van der Waals surface area contributed by atoms with Crippen molar-refractivity contribution in [1.29, 1.82) is 0 Å². The summed E-state index contributed by atoms with van der Waals surface area (Å²) < 4.78 is 40.6. The van der Waals surface area contributed by atoms with Crippen molar-refractivity contribution < 1.29 is 17.9 Å². The molecule has 0 atom stereocenters. The van der Waals surface area contributed by atoms with Gasteiger partial charge >= 0.3 is 0 Å². The third-order valence-corrected chi connectivity index (χ3v) is 9.06. The molecule has 8 nitrogen and oxygen atoms in total. The van der Waals surface area contributed by atoms with Crippen LogP contribution in [0.1, 0.15) is 0 Å². The van der Waals surface area contributed by atoms with Gasteiger partial charge in [-0.3, -0.25) is 4.90 Å². The number of sulfonamides is 1. The van der Waals surface area contributed by atoms with Gasteiger partial charge in [-0.25, -0.2) is 13.4 Å². The summed E-state index contributed by atoms with van der Waals surface area (Å²) in [6, 6.07) is 17.2. The molecule has 0 aliphatic carbocycles. The van der Waals surface area contributed by atoms with Crippen molar-refractivity contribution in [3.8, 4) is 11.3 Å². The van der Waals surface area contributed by atoms with Crippen LogP contribution in [0.2, 0.25) is 0 Å². The molecule has 0 saturated carbocycles. The zero-order chi connectivity index (χ0) is 24.1.